The van der Waals surface area contributed by atoms with Gasteiger partial charge >= 0.3 is 0 Å². The molecule has 1 aliphatic rings. The minimum atomic E-state index is -0.915. The number of benzene rings is 1. The third-order valence-corrected chi connectivity index (χ3v) is 3.46. The molecular weight excluding hydrogens is 276 g/mol. The number of aliphatic hydroxyl groups excluding tert-OH is 1. The highest BCUT2D eigenvalue weighted by Crippen LogP contribution is 2.29. The first-order chi connectivity index (χ1) is 9.99. The van der Waals surface area contributed by atoms with E-state index in [1.807, 2.05) is 0 Å². The number of ether oxygens (including phenoxy) is 1. The van der Waals surface area contributed by atoms with Crippen LogP contribution in [-0.4, -0.2) is 40.5 Å². The predicted molar refractivity (Wildman–Crippen MR) is 75.0 cm³/mol. The Bertz CT molecular complexity index is 538. The lowest BCUT2D eigenvalue weighted by molar-refractivity contribution is -0.385. The maximum Gasteiger partial charge on any atom is 0.270 e. The third kappa shape index (κ3) is 3.69. The molecule has 21 heavy (non-hydrogen) atoms. The Morgan fingerprint density at radius 3 is 2.71 bits per heavy atom. The molecule has 2 rings (SSSR count). The highest BCUT2D eigenvalue weighted by Gasteiger charge is 2.20. The molecule has 0 bridgehead atoms. The molecule has 7 nitrogen and oxygen atoms in total. The largest absolute Gasteiger partial charge is 0.483 e. The maximum atomic E-state index is 11.9. The first-order valence-electron chi connectivity index (χ1n) is 6.86. The molecular formula is C14H18N2O5. The molecule has 1 aliphatic heterocycles. The fourth-order valence-electron chi connectivity index (χ4n) is 2.30. The summed E-state index contributed by atoms with van der Waals surface area (Å²) in [5.74, 6) is 0.186. The van der Waals surface area contributed by atoms with Gasteiger partial charge in [0.25, 0.3) is 11.6 Å². The Hall–Kier alpha value is -2.15. The number of non-ortho nitro benzene ring substituents is 1. The third-order valence-electron chi connectivity index (χ3n) is 3.46. The number of carbonyl (C=O) groups is 1. The standard InChI is InChI=1S/C14H18N2O5/c1-10(17)12-8-11(16(19)20)4-5-13(12)21-9-14(18)15-6-2-3-7-15/h4-5,8,10,17H,2-3,6-7,9H2,1H3/t10-/m1/s1. The Morgan fingerprint density at radius 2 is 2.14 bits per heavy atom. The minimum Gasteiger partial charge on any atom is -0.483 e. The number of nitro benzene ring substituents is 1. The van der Waals surface area contributed by atoms with Gasteiger partial charge in [0.15, 0.2) is 6.61 Å². The van der Waals surface area contributed by atoms with Crippen molar-refractivity contribution >= 4 is 11.6 Å². The normalized spacial score (nSPS) is 15.8. The van der Waals surface area contributed by atoms with Crippen LogP contribution < -0.4 is 4.74 Å². The van der Waals surface area contributed by atoms with Gasteiger partial charge < -0.3 is 14.7 Å². The zero-order valence-electron chi connectivity index (χ0n) is 11.8. The molecule has 1 aromatic carbocycles. The Labute approximate surface area is 122 Å². The summed E-state index contributed by atoms with van der Waals surface area (Å²) in [4.78, 5) is 23.8. The molecule has 0 aromatic heterocycles. The summed E-state index contributed by atoms with van der Waals surface area (Å²) < 4.78 is 5.43. The van der Waals surface area contributed by atoms with Gasteiger partial charge in [-0.05, 0) is 25.8 Å². The van der Waals surface area contributed by atoms with Crippen molar-refractivity contribution in [2.24, 2.45) is 0 Å². The van der Waals surface area contributed by atoms with E-state index in [0.29, 0.717) is 11.3 Å². The van der Waals surface area contributed by atoms with E-state index in [1.54, 1.807) is 4.90 Å². The number of carbonyl (C=O) groups excluding carboxylic acids is 1. The molecule has 0 spiro atoms. The lowest BCUT2D eigenvalue weighted by Gasteiger charge is -2.17. The van der Waals surface area contributed by atoms with Crippen LogP contribution >= 0.6 is 0 Å². The Kier molecular flexibility index (Phi) is 4.74. The number of amides is 1. The molecule has 1 aromatic rings. The topological polar surface area (TPSA) is 92.9 Å². The summed E-state index contributed by atoms with van der Waals surface area (Å²) in [6.45, 7) is 2.85. The van der Waals surface area contributed by atoms with Crippen molar-refractivity contribution in [3.63, 3.8) is 0 Å². The zero-order valence-corrected chi connectivity index (χ0v) is 11.8. The number of aliphatic hydroxyl groups is 1. The van der Waals surface area contributed by atoms with Gasteiger partial charge in [-0.2, -0.15) is 0 Å². The average Bonchev–Trinajstić information content (AvgIpc) is 2.98. The van der Waals surface area contributed by atoms with Crippen LogP contribution in [0.2, 0.25) is 0 Å². The van der Waals surface area contributed by atoms with Crippen LogP contribution in [0.1, 0.15) is 31.4 Å². The first-order valence-corrected chi connectivity index (χ1v) is 6.86. The lowest BCUT2D eigenvalue weighted by atomic mass is 10.1. The molecule has 0 radical (unpaired) electrons. The van der Waals surface area contributed by atoms with E-state index in [-0.39, 0.29) is 18.2 Å². The van der Waals surface area contributed by atoms with E-state index >= 15 is 0 Å². The molecule has 1 amide bonds. The number of rotatable bonds is 5. The van der Waals surface area contributed by atoms with Gasteiger partial charge in [0.1, 0.15) is 5.75 Å². The van der Waals surface area contributed by atoms with Crippen LogP contribution in [0.5, 0.6) is 5.75 Å². The van der Waals surface area contributed by atoms with Gasteiger partial charge in [-0.3, -0.25) is 14.9 Å². The first kappa shape index (κ1) is 15.2. The van der Waals surface area contributed by atoms with Crippen molar-refractivity contribution in [3.8, 4) is 5.75 Å². The number of hydrogen-bond acceptors (Lipinski definition) is 5. The summed E-state index contributed by atoms with van der Waals surface area (Å²) >= 11 is 0. The van der Waals surface area contributed by atoms with Crippen LogP contribution in [0.15, 0.2) is 18.2 Å². The number of nitrogens with zero attached hydrogens (tertiary/aromatic N) is 2. The van der Waals surface area contributed by atoms with E-state index in [2.05, 4.69) is 0 Å². The predicted octanol–water partition coefficient (Wildman–Crippen LogP) is 1.65. The van der Waals surface area contributed by atoms with Crippen molar-refractivity contribution in [1.29, 1.82) is 0 Å². The van der Waals surface area contributed by atoms with Crippen LogP contribution in [0.25, 0.3) is 0 Å². The smallest absolute Gasteiger partial charge is 0.270 e. The van der Waals surface area contributed by atoms with E-state index in [0.717, 1.165) is 25.9 Å². The molecule has 1 fully saturated rings. The summed E-state index contributed by atoms with van der Waals surface area (Å²) in [6, 6.07) is 3.97. The maximum absolute atomic E-state index is 11.9. The second-order valence-corrected chi connectivity index (χ2v) is 5.03. The quantitative estimate of drug-likeness (QED) is 0.658. The SMILES string of the molecule is C[C@@H](O)c1cc([N+](=O)[O-])ccc1OCC(=O)N1CCCC1. The van der Waals surface area contributed by atoms with Gasteiger partial charge in [-0.25, -0.2) is 0 Å². The van der Waals surface area contributed by atoms with E-state index in [1.165, 1.54) is 25.1 Å². The molecule has 0 unspecified atom stereocenters. The zero-order chi connectivity index (χ0) is 15.4. The summed E-state index contributed by atoms with van der Waals surface area (Å²) in [7, 11) is 0. The van der Waals surface area contributed by atoms with Crippen LogP contribution in [0, 0.1) is 10.1 Å². The molecule has 1 N–H and O–H groups in total. The van der Waals surface area contributed by atoms with Crippen LogP contribution in [0.3, 0.4) is 0 Å². The fourth-order valence-corrected chi connectivity index (χ4v) is 2.30. The van der Waals surface area contributed by atoms with Crippen molar-refractivity contribution in [2.45, 2.75) is 25.9 Å². The van der Waals surface area contributed by atoms with Crippen molar-refractivity contribution < 1.29 is 19.6 Å². The highest BCUT2D eigenvalue weighted by molar-refractivity contribution is 5.78. The summed E-state index contributed by atoms with van der Waals surface area (Å²) in [6.07, 6.45) is 1.09. The van der Waals surface area contributed by atoms with Crippen molar-refractivity contribution in [1.82, 2.24) is 4.90 Å². The Morgan fingerprint density at radius 1 is 1.48 bits per heavy atom. The molecule has 1 saturated heterocycles. The van der Waals surface area contributed by atoms with Gasteiger partial charge in [0.05, 0.1) is 11.0 Å². The van der Waals surface area contributed by atoms with Gasteiger partial charge in [0, 0.05) is 30.8 Å². The molecule has 114 valence electrons. The van der Waals surface area contributed by atoms with Gasteiger partial charge in [0.2, 0.25) is 0 Å². The average molecular weight is 294 g/mol. The van der Waals surface area contributed by atoms with Crippen LogP contribution in [0.4, 0.5) is 5.69 Å². The fraction of sp³-hybridized carbons (Fsp3) is 0.500. The lowest BCUT2D eigenvalue weighted by Crippen LogP contribution is -2.32. The molecule has 1 heterocycles. The second kappa shape index (κ2) is 6.53. The molecule has 0 saturated carbocycles. The molecule has 1 atom stereocenters. The van der Waals surface area contributed by atoms with E-state index < -0.39 is 11.0 Å². The van der Waals surface area contributed by atoms with Gasteiger partial charge in [-0.1, -0.05) is 0 Å². The molecule has 7 heteroatoms. The summed E-state index contributed by atoms with van der Waals surface area (Å²) in [5.41, 5.74) is 0.183. The van der Waals surface area contributed by atoms with Crippen molar-refractivity contribution in [3.05, 3.63) is 33.9 Å². The van der Waals surface area contributed by atoms with E-state index in [9.17, 15) is 20.0 Å². The monoisotopic (exact) mass is 294 g/mol. The summed E-state index contributed by atoms with van der Waals surface area (Å²) in [5, 5.41) is 20.4. The number of nitro groups is 1. The van der Waals surface area contributed by atoms with E-state index in [4.69, 9.17) is 4.74 Å². The minimum absolute atomic E-state index is 0.109. The highest BCUT2D eigenvalue weighted by atomic mass is 16.6. The molecule has 0 aliphatic carbocycles. The van der Waals surface area contributed by atoms with Crippen molar-refractivity contribution in [2.75, 3.05) is 19.7 Å². The Balaban J connectivity index is 2.08. The second-order valence-electron chi connectivity index (χ2n) is 5.03. The number of likely N-dealkylation sites (tertiary alicyclic amines) is 1. The van der Waals surface area contributed by atoms with Gasteiger partial charge in [-0.15, -0.1) is 0 Å². The van der Waals surface area contributed by atoms with Crippen LogP contribution in [-0.2, 0) is 4.79 Å². The number of hydrogen-bond donors (Lipinski definition) is 1.